The van der Waals surface area contributed by atoms with Gasteiger partial charge in [-0.1, -0.05) is 12.1 Å². The minimum absolute atomic E-state index is 0.200. The van der Waals surface area contributed by atoms with Crippen LogP contribution in [0.15, 0.2) is 30.5 Å². The first-order valence-corrected chi connectivity index (χ1v) is 10.4. The number of nitrogens with one attached hydrogen (secondary N) is 2. The molecule has 28 heavy (non-hydrogen) atoms. The molecule has 4 rings (SSSR count). The van der Waals surface area contributed by atoms with Gasteiger partial charge in [0.05, 0.1) is 13.3 Å². The molecule has 0 radical (unpaired) electrons. The number of rotatable bonds is 4. The van der Waals surface area contributed by atoms with Gasteiger partial charge in [-0.3, -0.25) is 9.89 Å². The molecule has 0 unspecified atom stereocenters. The average molecular weight is 383 g/mol. The zero-order valence-corrected chi connectivity index (χ0v) is 16.6. The number of hydrogen-bond acceptors (Lipinski definition) is 4. The minimum atomic E-state index is 0.200. The van der Waals surface area contributed by atoms with Crippen LogP contribution in [-0.4, -0.2) is 54.3 Å². The molecule has 150 valence electrons. The zero-order valence-electron chi connectivity index (χ0n) is 16.6. The van der Waals surface area contributed by atoms with Crippen molar-refractivity contribution in [3.8, 4) is 16.9 Å². The Morgan fingerprint density at radius 2 is 2.04 bits per heavy atom. The second kappa shape index (κ2) is 8.78. The molecule has 3 heterocycles. The van der Waals surface area contributed by atoms with E-state index in [-0.39, 0.29) is 5.92 Å². The number of benzene rings is 1. The Balaban J connectivity index is 1.42. The molecule has 2 aliphatic rings. The predicted octanol–water partition coefficient (Wildman–Crippen LogP) is 3.18. The Hall–Kier alpha value is -2.34. The van der Waals surface area contributed by atoms with Gasteiger partial charge in [-0.2, -0.15) is 5.10 Å². The molecule has 0 spiro atoms. The highest BCUT2D eigenvalue weighted by molar-refractivity contribution is 5.79. The molecule has 2 aliphatic heterocycles. The van der Waals surface area contributed by atoms with E-state index in [1.54, 1.807) is 7.11 Å². The fourth-order valence-electron chi connectivity index (χ4n) is 4.54. The number of methoxy groups -OCH3 is 1. The number of H-pyrrole nitrogens is 1. The van der Waals surface area contributed by atoms with Gasteiger partial charge < -0.3 is 15.0 Å². The summed E-state index contributed by atoms with van der Waals surface area (Å²) in [5.74, 6) is 1.82. The topological polar surface area (TPSA) is 70.2 Å². The number of likely N-dealkylation sites (tertiary alicyclic amines) is 1. The van der Waals surface area contributed by atoms with E-state index in [1.807, 2.05) is 24.4 Å². The fourth-order valence-corrected chi connectivity index (χ4v) is 4.54. The van der Waals surface area contributed by atoms with Crippen LogP contribution < -0.4 is 10.1 Å². The predicted molar refractivity (Wildman–Crippen MR) is 109 cm³/mol. The summed E-state index contributed by atoms with van der Waals surface area (Å²) in [4.78, 5) is 15.0. The molecule has 2 aromatic rings. The number of aromatic amines is 1. The normalized spacial score (nSPS) is 21.3. The quantitative estimate of drug-likeness (QED) is 0.852. The number of hydrogen-bond donors (Lipinski definition) is 2. The molecule has 0 aliphatic carbocycles. The summed E-state index contributed by atoms with van der Waals surface area (Å²) < 4.78 is 5.37. The van der Waals surface area contributed by atoms with E-state index < -0.39 is 0 Å². The van der Waals surface area contributed by atoms with Gasteiger partial charge in [-0.25, -0.2) is 0 Å². The lowest BCUT2D eigenvalue weighted by Crippen LogP contribution is -2.41. The molecule has 1 atom stereocenters. The third-order valence-electron chi connectivity index (χ3n) is 6.19. The van der Waals surface area contributed by atoms with Gasteiger partial charge in [0, 0.05) is 36.2 Å². The summed E-state index contributed by atoms with van der Waals surface area (Å²) in [5.41, 5.74) is 3.44. The van der Waals surface area contributed by atoms with Crippen LogP contribution in [0.1, 0.15) is 43.7 Å². The highest BCUT2D eigenvalue weighted by Crippen LogP contribution is 2.35. The standard InChI is InChI=1S/C22H30N4O2/c1-28-19-6-2-4-18(14-19)20-15-24-25-21(20)16-8-12-26(13-9-16)22(27)17-5-3-10-23-11-7-17/h2,4,6,14-17,23H,3,5,7-13H2,1H3,(H,24,25)/t17-/m0/s1. The monoisotopic (exact) mass is 382 g/mol. The highest BCUT2D eigenvalue weighted by atomic mass is 16.5. The summed E-state index contributed by atoms with van der Waals surface area (Å²) in [5, 5.41) is 10.9. The van der Waals surface area contributed by atoms with Crippen LogP contribution in [-0.2, 0) is 4.79 Å². The smallest absolute Gasteiger partial charge is 0.225 e. The third-order valence-corrected chi connectivity index (χ3v) is 6.19. The first-order valence-electron chi connectivity index (χ1n) is 10.4. The fraction of sp³-hybridized carbons (Fsp3) is 0.545. The average Bonchev–Trinajstić information content (AvgIpc) is 3.08. The van der Waals surface area contributed by atoms with Gasteiger partial charge in [-0.15, -0.1) is 0 Å². The SMILES string of the molecule is COc1cccc(-c2cn[nH]c2C2CCN(C(=O)[C@H]3CCCNCC3)CC2)c1. The zero-order chi connectivity index (χ0) is 19.3. The van der Waals surface area contributed by atoms with Crippen molar-refractivity contribution >= 4 is 5.91 Å². The van der Waals surface area contributed by atoms with Crippen molar-refractivity contribution in [2.75, 3.05) is 33.3 Å². The number of aromatic nitrogens is 2. The Morgan fingerprint density at radius 3 is 2.86 bits per heavy atom. The molecule has 0 bridgehead atoms. The molecule has 0 saturated carbocycles. The lowest BCUT2D eigenvalue weighted by atomic mass is 9.88. The molecule has 1 amide bonds. The third kappa shape index (κ3) is 4.07. The van der Waals surface area contributed by atoms with Crippen LogP contribution in [0.3, 0.4) is 0 Å². The van der Waals surface area contributed by atoms with Crippen molar-refractivity contribution in [3.05, 3.63) is 36.2 Å². The van der Waals surface area contributed by atoms with E-state index >= 15 is 0 Å². The number of ether oxygens (including phenoxy) is 1. The van der Waals surface area contributed by atoms with Gasteiger partial charge in [0.25, 0.3) is 0 Å². The van der Waals surface area contributed by atoms with Crippen molar-refractivity contribution in [1.82, 2.24) is 20.4 Å². The first kappa shape index (κ1) is 19.0. The summed E-state index contributed by atoms with van der Waals surface area (Å²) >= 11 is 0. The summed E-state index contributed by atoms with van der Waals surface area (Å²) in [7, 11) is 1.69. The lowest BCUT2D eigenvalue weighted by molar-refractivity contribution is -0.137. The number of carbonyl (C=O) groups is 1. The van der Waals surface area contributed by atoms with E-state index in [9.17, 15) is 4.79 Å². The van der Waals surface area contributed by atoms with Crippen molar-refractivity contribution in [1.29, 1.82) is 0 Å². The number of nitrogens with zero attached hydrogens (tertiary/aromatic N) is 2. The van der Waals surface area contributed by atoms with E-state index in [1.165, 1.54) is 5.69 Å². The van der Waals surface area contributed by atoms with Crippen LogP contribution >= 0.6 is 0 Å². The maximum Gasteiger partial charge on any atom is 0.225 e. The number of carbonyl (C=O) groups excluding carboxylic acids is 1. The van der Waals surface area contributed by atoms with E-state index in [4.69, 9.17) is 4.74 Å². The Bertz CT molecular complexity index is 787. The minimum Gasteiger partial charge on any atom is -0.497 e. The number of amides is 1. The van der Waals surface area contributed by atoms with Crippen molar-refractivity contribution in [3.63, 3.8) is 0 Å². The van der Waals surface area contributed by atoms with Crippen LogP contribution in [0.2, 0.25) is 0 Å². The molecule has 1 aromatic heterocycles. The van der Waals surface area contributed by atoms with E-state index in [0.29, 0.717) is 11.8 Å². The summed E-state index contributed by atoms with van der Waals surface area (Å²) in [6.45, 7) is 3.68. The van der Waals surface area contributed by atoms with Gasteiger partial charge in [-0.05, 0) is 62.9 Å². The second-order valence-corrected chi connectivity index (χ2v) is 7.91. The van der Waals surface area contributed by atoms with Crippen LogP contribution in [0.4, 0.5) is 0 Å². The Kier molecular flexibility index (Phi) is 5.95. The molecule has 6 nitrogen and oxygen atoms in total. The Labute approximate surface area is 166 Å². The molecule has 6 heteroatoms. The molecule has 2 saturated heterocycles. The van der Waals surface area contributed by atoms with Crippen LogP contribution in [0, 0.1) is 5.92 Å². The summed E-state index contributed by atoms with van der Waals surface area (Å²) in [6.07, 6.45) is 6.96. The van der Waals surface area contributed by atoms with Crippen molar-refractivity contribution in [2.45, 2.75) is 38.0 Å². The first-order chi connectivity index (χ1) is 13.8. The second-order valence-electron chi connectivity index (χ2n) is 7.91. The maximum atomic E-state index is 12.9. The van der Waals surface area contributed by atoms with Crippen LogP contribution in [0.5, 0.6) is 5.75 Å². The highest BCUT2D eigenvalue weighted by Gasteiger charge is 2.30. The molecule has 1 aromatic carbocycles. The van der Waals surface area contributed by atoms with Crippen molar-refractivity contribution in [2.24, 2.45) is 5.92 Å². The van der Waals surface area contributed by atoms with Gasteiger partial charge in [0.1, 0.15) is 5.75 Å². The van der Waals surface area contributed by atoms with E-state index in [0.717, 1.165) is 75.2 Å². The van der Waals surface area contributed by atoms with E-state index in [2.05, 4.69) is 26.5 Å². The van der Waals surface area contributed by atoms with Crippen LogP contribution in [0.25, 0.3) is 11.1 Å². The van der Waals surface area contributed by atoms with Gasteiger partial charge >= 0.3 is 0 Å². The van der Waals surface area contributed by atoms with Gasteiger partial charge in [0.2, 0.25) is 5.91 Å². The van der Waals surface area contributed by atoms with Crippen molar-refractivity contribution < 1.29 is 9.53 Å². The maximum absolute atomic E-state index is 12.9. The molecule has 2 N–H and O–H groups in total. The summed E-state index contributed by atoms with van der Waals surface area (Å²) in [6, 6.07) is 8.10. The number of piperidine rings is 1. The lowest BCUT2D eigenvalue weighted by Gasteiger charge is -2.34. The Morgan fingerprint density at radius 1 is 1.18 bits per heavy atom. The van der Waals surface area contributed by atoms with Gasteiger partial charge in [0.15, 0.2) is 0 Å². The largest absolute Gasteiger partial charge is 0.497 e. The molecular weight excluding hydrogens is 352 g/mol. The molecule has 2 fully saturated rings. The molecular formula is C22H30N4O2.